The van der Waals surface area contributed by atoms with Crippen molar-refractivity contribution in [1.82, 2.24) is 4.90 Å². The van der Waals surface area contributed by atoms with Crippen LogP contribution in [-0.4, -0.2) is 55.9 Å². The maximum atomic E-state index is 14.1. The van der Waals surface area contributed by atoms with Crippen LogP contribution in [0.15, 0.2) is 30.3 Å². The van der Waals surface area contributed by atoms with Gasteiger partial charge in [-0.25, -0.2) is 8.78 Å². The van der Waals surface area contributed by atoms with E-state index in [0.29, 0.717) is 38.2 Å². The minimum absolute atomic E-state index is 0.0461. The Morgan fingerprint density at radius 2 is 1.84 bits per heavy atom. The summed E-state index contributed by atoms with van der Waals surface area (Å²) in [6.07, 6.45) is 0.934. The second-order valence-electron chi connectivity index (χ2n) is 8.05. The van der Waals surface area contributed by atoms with Crippen molar-refractivity contribution in [3.63, 3.8) is 0 Å². The molecule has 2 aliphatic rings. The Kier molecular flexibility index (Phi) is 5.80. The number of carbonyl (C=O) groups is 2. The zero-order chi connectivity index (χ0) is 22.1. The Morgan fingerprint density at radius 1 is 1.13 bits per heavy atom. The number of hydrogen-bond acceptors (Lipinski definition) is 5. The maximum absolute atomic E-state index is 14.1. The fourth-order valence-corrected chi connectivity index (χ4v) is 4.32. The summed E-state index contributed by atoms with van der Waals surface area (Å²) in [5.41, 5.74) is 3.32. The lowest BCUT2D eigenvalue weighted by molar-refractivity contribution is -0.130. The van der Waals surface area contributed by atoms with Gasteiger partial charge in [0, 0.05) is 62.0 Å². The number of benzene rings is 2. The molecule has 1 heterocycles. The molecule has 6 nitrogen and oxygen atoms in total. The number of nitrogens with zero attached hydrogens (tertiary/aromatic N) is 2. The van der Waals surface area contributed by atoms with Crippen LogP contribution >= 0.6 is 0 Å². The molecule has 1 aliphatic heterocycles. The van der Waals surface area contributed by atoms with Crippen molar-refractivity contribution >= 4 is 23.1 Å². The Morgan fingerprint density at radius 3 is 2.52 bits per heavy atom. The van der Waals surface area contributed by atoms with Crippen LogP contribution in [0.3, 0.4) is 0 Å². The second kappa shape index (κ2) is 8.53. The molecule has 1 amide bonds. The summed E-state index contributed by atoms with van der Waals surface area (Å²) in [5.74, 6) is -1.72. The molecule has 0 unspecified atom stereocenters. The summed E-state index contributed by atoms with van der Waals surface area (Å²) >= 11 is 0. The molecule has 1 fully saturated rings. The van der Waals surface area contributed by atoms with Gasteiger partial charge in [0.1, 0.15) is 5.78 Å². The number of hydrogen-bond donors (Lipinski definition) is 1. The monoisotopic (exact) mass is 429 g/mol. The predicted molar refractivity (Wildman–Crippen MR) is 114 cm³/mol. The Bertz CT molecular complexity index is 1000. The van der Waals surface area contributed by atoms with E-state index >= 15 is 0 Å². The topological polar surface area (TPSA) is 61.9 Å². The number of carbonyl (C=O) groups excluding carboxylic acids is 2. The molecule has 2 aromatic rings. The molecular formula is C23H25F2N3O3. The summed E-state index contributed by atoms with van der Waals surface area (Å²) in [7, 11) is 1.23. The number of halogens is 2. The summed E-state index contributed by atoms with van der Waals surface area (Å²) < 4.78 is 32.9. The van der Waals surface area contributed by atoms with Crippen molar-refractivity contribution < 1.29 is 23.1 Å². The molecule has 31 heavy (non-hydrogen) atoms. The van der Waals surface area contributed by atoms with Gasteiger partial charge in [0.05, 0.1) is 13.7 Å². The van der Waals surface area contributed by atoms with Crippen LogP contribution in [0.5, 0.6) is 5.75 Å². The Labute approximate surface area is 179 Å². The van der Waals surface area contributed by atoms with Gasteiger partial charge in [-0.2, -0.15) is 0 Å². The van der Waals surface area contributed by atoms with E-state index < -0.39 is 17.4 Å². The highest BCUT2D eigenvalue weighted by Crippen LogP contribution is 2.29. The first-order valence-electron chi connectivity index (χ1n) is 10.3. The van der Waals surface area contributed by atoms with Crippen molar-refractivity contribution in [2.75, 3.05) is 43.5 Å². The first-order chi connectivity index (χ1) is 14.9. The average Bonchev–Trinajstić information content (AvgIpc) is 3.10. The second-order valence-corrected chi connectivity index (χ2v) is 8.05. The molecule has 1 atom stereocenters. The third-order valence-corrected chi connectivity index (χ3v) is 5.92. The molecule has 0 radical (unpaired) electrons. The fourth-order valence-electron chi connectivity index (χ4n) is 4.32. The van der Waals surface area contributed by atoms with Crippen molar-refractivity contribution in [3.05, 3.63) is 53.1 Å². The molecule has 1 saturated heterocycles. The van der Waals surface area contributed by atoms with Gasteiger partial charge in [-0.1, -0.05) is 6.07 Å². The summed E-state index contributed by atoms with van der Waals surface area (Å²) in [6, 6.07) is 8.17. The van der Waals surface area contributed by atoms with E-state index in [9.17, 15) is 18.4 Å². The highest BCUT2D eigenvalue weighted by molar-refractivity contribution is 5.88. The van der Waals surface area contributed by atoms with Crippen LogP contribution in [-0.2, 0) is 22.4 Å². The van der Waals surface area contributed by atoms with E-state index in [1.165, 1.54) is 19.2 Å². The minimum Gasteiger partial charge on any atom is -0.491 e. The first-order valence-corrected chi connectivity index (χ1v) is 10.3. The number of anilines is 2. The fraction of sp³-hybridized carbons (Fsp3) is 0.391. The van der Waals surface area contributed by atoms with Gasteiger partial charge in [0.15, 0.2) is 17.4 Å². The number of methoxy groups -OCH3 is 1. The zero-order valence-corrected chi connectivity index (χ0v) is 17.6. The number of amides is 1. The molecule has 4 rings (SSSR count). The SMILES string of the molecule is COc1c(F)cc(N2CCN(C(=O)CNc3ccc4c(c3)CC(=O)C4)C[C@H]2C)cc1F. The van der Waals surface area contributed by atoms with Crippen LogP contribution in [0.2, 0.25) is 0 Å². The zero-order valence-electron chi connectivity index (χ0n) is 17.6. The summed E-state index contributed by atoms with van der Waals surface area (Å²) in [6.45, 7) is 3.45. The molecule has 0 aromatic heterocycles. The maximum Gasteiger partial charge on any atom is 0.242 e. The predicted octanol–water partition coefficient (Wildman–Crippen LogP) is 2.79. The number of ether oxygens (including phenoxy) is 1. The van der Waals surface area contributed by atoms with Crippen molar-refractivity contribution in [3.8, 4) is 5.75 Å². The molecule has 8 heteroatoms. The third kappa shape index (κ3) is 4.33. The number of fused-ring (bicyclic) bond motifs is 1. The third-order valence-electron chi connectivity index (χ3n) is 5.92. The van der Waals surface area contributed by atoms with Gasteiger partial charge in [0.2, 0.25) is 5.91 Å². The molecule has 1 aliphatic carbocycles. The van der Waals surface area contributed by atoms with Gasteiger partial charge < -0.3 is 19.9 Å². The van der Waals surface area contributed by atoms with Crippen LogP contribution in [0.1, 0.15) is 18.1 Å². The molecule has 1 N–H and O–H groups in total. The van der Waals surface area contributed by atoms with Crippen LogP contribution in [0, 0.1) is 11.6 Å². The summed E-state index contributed by atoms with van der Waals surface area (Å²) in [4.78, 5) is 27.9. The van der Waals surface area contributed by atoms with Crippen LogP contribution in [0.4, 0.5) is 20.2 Å². The van der Waals surface area contributed by atoms with Gasteiger partial charge in [0.25, 0.3) is 0 Å². The Balaban J connectivity index is 1.35. The van der Waals surface area contributed by atoms with Gasteiger partial charge in [-0.15, -0.1) is 0 Å². The average molecular weight is 429 g/mol. The van der Waals surface area contributed by atoms with Crippen LogP contribution in [0.25, 0.3) is 0 Å². The van der Waals surface area contributed by atoms with E-state index in [1.807, 2.05) is 30.0 Å². The first kappa shape index (κ1) is 21.1. The molecule has 0 bridgehead atoms. The van der Waals surface area contributed by atoms with E-state index in [-0.39, 0.29) is 24.3 Å². The van der Waals surface area contributed by atoms with E-state index in [1.54, 1.807) is 4.90 Å². The highest BCUT2D eigenvalue weighted by atomic mass is 19.1. The number of piperazine rings is 1. The van der Waals surface area contributed by atoms with Gasteiger partial charge >= 0.3 is 0 Å². The minimum atomic E-state index is -0.747. The van der Waals surface area contributed by atoms with E-state index in [4.69, 9.17) is 4.74 Å². The Hall–Kier alpha value is -3.16. The quantitative estimate of drug-likeness (QED) is 0.792. The van der Waals surface area contributed by atoms with Crippen molar-refractivity contribution in [2.45, 2.75) is 25.8 Å². The van der Waals surface area contributed by atoms with Gasteiger partial charge in [-0.05, 0) is 30.2 Å². The molecule has 2 aromatic carbocycles. The lowest BCUT2D eigenvalue weighted by Crippen LogP contribution is -2.54. The van der Waals surface area contributed by atoms with Crippen molar-refractivity contribution in [1.29, 1.82) is 0 Å². The molecule has 164 valence electrons. The lowest BCUT2D eigenvalue weighted by atomic mass is 10.1. The number of nitrogens with one attached hydrogen (secondary N) is 1. The molecular weight excluding hydrogens is 404 g/mol. The largest absolute Gasteiger partial charge is 0.491 e. The number of Topliss-reactive ketones (excluding diaryl/α,β-unsaturated/α-hetero) is 1. The standard InChI is InChI=1S/C23H25F2N3O3/c1-14-13-27(5-6-28(14)18-10-20(24)23(31-2)21(25)11-18)22(30)12-26-17-4-3-15-8-19(29)9-16(15)7-17/h3-4,7,10-11,14,26H,5-6,8-9,12-13H2,1-2H3/t14-/m1/s1. The highest BCUT2D eigenvalue weighted by Gasteiger charge is 2.28. The normalized spacial score (nSPS) is 18.2. The van der Waals surface area contributed by atoms with E-state index in [0.717, 1.165) is 16.8 Å². The number of rotatable bonds is 5. The molecule has 0 spiro atoms. The van der Waals surface area contributed by atoms with Crippen LogP contribution < -0.4 is 15.0 Å². The van der Waals surface area contributed by atoms with Gasteiger partial charge in [-0.3, -0.25) is 9.59 Å². The van der Waals surface area contributed by atoms with Crippen molar-refractivity contribution in [2.24, 2.45) is 0 Å². The molecule has 0 saturated carbocycles. The van der Waals surface area contributed by atoms with E-state index in [2.05, 4.69) is 5.32 Å². The lowest BCUT2D eigenvalue weighted by Gasteiger charge is -2.41. The number of ketones is 1. The smallest absolute Gasteiger partial charge is 0.242 e. The summed E-state index contributed by atoms with van der Waals surface area (Å²) in [5, 5.41) is 3.14.